The summed E-state index contributed by atoms with van der Waals surface area (Å²) in [5.74, 6) is 0.112. The molecule has 4 aromatic rings. The molecule has 1 atom stereocenters. The molecule has 0 bridgehead atoms. The van der Waals surface area contributed by atoms with E-state index < -0.39 is 18.0 Å². The zero-order chi connectivity index (χ0) is 31.0. The maximum Gasteiger partial charge on any atom is 0.338 e. The van der Waals surface area contributed by atoms with Crippen LogP contribution in [0.15, 0.2) is 78.5 Å². The normalized spacial score (nSPS) is 14.9. The van der Waals surface area contributed by atoms with Crippen molar-refractivity contribution in [2.75, 3.05) is 14.2 Å². The van der Waals surface area contributed by atoms with Crippen LogP contribution in [0.1, 0.15) is 48.5 Å². The molecule has 0 spiro atoms. The highest BCUT2D eigenvalue weighted by molar-refractivity contribution is 9.10. The molecular formula is C31H26BrClN2O7S. The van der Waals surface area contributed by atoms with E-state index in [0.29, 0.717) is 48.5 Å². The van der Waals surface area contributed by atoms with Crippen molar-refractivity contribution in [3.05, 3.63) is 106 Å². The Morgan fingerprint density at radius 3 is 2.58 bits per heavy atom. The van der Waals surface area contributed by atoms with Crippen molar-refractivity contribution in [1.82, 2.24) is 4.57 Å². The fourth-order valence-electron chi connectivity index (χ4n) is 4.79. The maximum atomic E-state index is 14.0. The van der Waals surface area contributed by atoms with Gasteiger partial charge in [-0.3, -0.25) is 9.36 Å². The van der Waals surface area contributed by atoms with Gasteiger partial charge in [-0.05, 0) is 69.3 Å². The summed E-state index contributed by atoms with van der Waals surface area (Å²) in [6, 6.07) is 12.6. The summed E-state index contributed by atoms with van der Waals surface area (Å²) in [5.41, 5.74) is 1.61. The first-order valence-electron chi connectivity index (χ1n) is 13.1. The number of hydrogen-bond acceptors (Lipinski definition) is 9. The van der Waals surface area contributed by atoms with Crippen molar-refractivity contribution >= 4 is 56.9 Å². The number of halogens is 2. The third-order valence-corrected chi connectivity index (χ3v) is 8.33. The van der Waals surface area contributed by atoms with Crippen molar-refractivity contribution in [2.45, 2.75) is 32.9 Å². The Labute approximate surface area is 263 Å². The topological polar surface area (TPSA) is 109 Å². The van der Waals surface area contributed by atoms with Crippen LogP contribution in [0.25, 0.3) is 17.4 Å². The lowest BCUT2D eigenvalue weighted by molar-refractivity contribution is -0.143. The summed E-state index contributed by atoms with van der Waals surface area (Å²) in [6.07, 6.45) is 1.21. The van der Waals surface area contributed by atoms with Crippen molar-refractivity contribution in [3.63, 3.8) is 0 Å². The van der Waals surface area contributed by atoms with E-state index in [-0.39, 0.29) is 22.8 Å². The molecule has 0 amide bonds. The number of hydrogen-bond donors (Lipinski definition) is 0. The largest absolute Gasteiger partial charge is 0.496 e. The lowest BCUT2D eigenvalue weighted by Crippen LogP contribution is -2.40. The quantitative estimate of drug-likeness (QED) is 0.231. The van der Waals surface area contributed by atoms with Gasteiger partial charge in [-0.1, -0.05) is 38.9 Å². The molecular weight excluding hydrogens is 660 g/mol. The lowest BCUT2D eigenvalue weighted by atomic mass is 9.95. The molecule has 0 saturated heterocycles. The maximum absolute atomic E-state index is 14.0. The average molecular weight is 686 g/mol. The fraction of sp³-hybridized carbons (Fsp3) is 0.226. The van der Waals surface area contributed by atoms with Crippen LogP contribution in [0.5, 0.6) is 5.75 Å². The fourth-order valence-corrected chi connectivity index (χ4v) is 6.36. The van der Waals surface area contributed by atoms with Gasteiger partial charge in [-0.25, -0.2) is 14.6 Å². The number of carbonyl (C=O) groups excluding carboxylic acids is 2. The molecule has 0 aliphatic carbocycles. The van der Waals surface area contributed by atoms with Gasteiger partial charge in [-0.2, -0.15) is 0 Å². The second kappa shape index (κ2) is 12.4. The molecule has 0 radical (unpaired) electrons. The summed E-state index contributed by atoms with van der Waals surface area (Å²) in [4.78, 5) is 44.8. The van der Waals surface area contributed by atoms with E-state index in [1.54, 1.807) is 63.2 Å². The standard InChI is InChI=1S/C31H26BrClN2O7S/c1-15(2)41-30(38)26-16(3)34-31-35(27(26)22-12-17(32)6-10-23(22)39-4)28(36)25(43-31)14-19-8-11-24(42-19)21-13-18(33)7-9-20(21)29(37)40-5/h6-15,27H,1-5H3/b25-14-/t27-/m1/s1. The molecule has 0 fully saturated rings. The Balaban J connectivity index is 1.67. The summed E-state index contributed by atoms with van der Waals surface area (Å²) in [6.45, 7) is 5.23. The molecule has 0 saturated carbocycles. The number of aromatic nitrogens is 1. The molecule has 3 heterocycles. The van der Waals surface area contributed by atoms with Crippen LogP contribution in [0.2, 0.25) is 5.02 Å². The van der Waals surface area contributed by atoms with Crippen LogP contribution in [0, 0.1) is 0 Å². The summed E-state index contributed by atoms with van der Waals surface area (Å²) in [7, 11) is 2.82. The van der Waals surface area contributed by atoms with Crippen LogP contribution in [-0.4, -0.2) is 36.8 Å². The number of rotatable bonds is 7. The monoisotopic (exact) mass is 684 g/mol. The van der Waals surface area contributed by atoms with Crippen LogP contribution < -0.4 is 19.6 Å². The second-order valence-electron chi connectivity index (χ2n) is 9.81. The number of ether oxygens (including phenoxy) is 3. The highest BCUT2D eigenvalue weighted by atomic mass is 79.9. The van der Waals surface area contributed by atoms with Crippen LogP contribution in [0.3, 0.4) is 0 Å². The number of fused-ring (bicyclic) bond motifs is 1. The molecule has 9 nitrogen and oxygen atoms in total. The van der Waals surface area contributed by atoms with Crippen LogP contribution >= 0.6 is 38.9 Å². The van der Waals surface area contributed by atoms with Crippen molar-refractivity contribution in [1.29, 1.82) is 0 Å². The molecule has 222 valence electrons. The Morgan fingerprint density at radius 1 is 1.12 bits per heavy atom. The number of furan rings is 1. The van der Waals surface area contributed by atoms with E-state index in [9.17, 15) is 14.4 Å². The van der Waals surface area contributed by atoms with E-state index >= 15 is 0 Å². The van der Waals surface area contributed by atoms with E-state index in [0.717, 1.165) is 15.8 Å². The van der Waals surface area contributed by atoms with Gasteiger partial charge < -0.3 is 18.6 Å². The lowest BCUT2D eigenvalue weighted by Gasteiger charge is -2.26. The second-order valence-corrected chi connectivity index (χ2v) is 12.2. The summed E-state index contributed by atoms with van der Waals surface area (Å²) in [5, 5.41) is 0.416. The van der Waals surface area contributed by atoms with E-state index in [1.807, 2.05) is 12.1 Å². The number of carbonyl (C=O) groups is 2. The SMILES string of the molecule is COC(=O)c1ccc(Cl)cc1-c1ccc(/C=c2\sc3n(c2=O)[C@H](c2cc(Br)ccc2OC)C(C(=O)OC(C)C)=C(C)N=3)o1. The van der Waals surface area contributed by atoms with E-state index in [4.69, 9.17) is 30.2 Å². The molecule has 0 N–H and O–H groups in total. The molecule has 0 unspecified atom stereocenters. The van der Waals surface area contributed by atoms with Crippen molar-refractivity contribution < 1.29 is 28.2 Å². The van der Waals surface area contributed by atoms with Crippen LogP contribution in [0.4, 0.5) is 0 Å². The van der Waals surface area contributed by atoms with E-state index in [2.05, 4.69) is 20.9 Å². The Morgan fingerprint density at radius 2 is 1.88 bits per heavy atom. The zero-order valence-corrected chi connectivity index (χ0v) is 26.9. The third kappa shape index (κ3) is 5.97. The van der Waals surface area contributed by atoms with Crippen LogP contribution in [-0.2, 0) is 14.3 Å². The third-order valence-electron chi connectivity index (χ3n) is 6.62. The highest BCUT2D eigenvalue weighted by Crippen LogP contribution is 2.37. The molecule has 2 aromatic heterocycles. The number of thiazole rings is 1. The summed E-state index contributed by atoms with van der Waals surface area (Å²) >= 11 is 10.9. The van der Waals surface area contributed by atoms with Gasteiger partial charge in [0.05, 0.1) is 41.7 Å². The predicted molar refractivity (Wildman–Crippen MR) is 166 cm³/mol. The minimum atomic E-state index is -0.863. The first-order valence-corrected chi connectivity index (χ1v) is 15.1. The van der Waals surface area contributed by atoms with Gasteiger partial charge in [0.25, 0.3) is 5.56 Å². The van der Waals surface area contributed by atoms with Crippen molar-refractivity contribution in [2.24, 2.45) is 4.99 Å². The average Bonchev–Trinajstić information content (AvgIpc) is 3.55. The molecule has 1 aliphatic rings. The Bertz CT molecular complexity index is 1970. The van der Waals surface area contributed by atoms with Gasteiger partial charge >= 0.3 is 11.9 Å². The number of nitrogens with zero attached hydrogens (tertiary/aromatic N) is 2. The first kappa shape index (κ1) is 30.5. The van der Waals surface area contributed by atoms with Crippen molar-refractivity contribution in [3.8, 4) is 17.1 Å². The Kier molecular flexibility index (Phi) is 8.77. The molecule has 43 heavy (non-hydrogen) atoms. The molecule has 5 rings (SSSR count). The minimum absolute atomic E-state index is 0.237. The summed E-state index contributed by atoms with van der Waals surface area (Å²) < 4.78 is 24.7. The number of methoxy groups -OCH3 is 2. The molecule has 1 aliphatic heterocycles. The van der Waals surface area contributed by atoms with Gasteiger partial charge in [0.1, 0.15) is 23.3 Å². The Hall–Kier alpha value is -3.93. The van der Waals surface area contributed by atoms with Gasteiger partial charge in [0, 0.05) is 26.7 Å². The first-order chi connectivity index (χ1) is 20.5. The highest BCUT2D eigenvalue weighted by Gasteiger charge is 2.35. The molecule has 2 aromatic carbocycles. The smallest absolute Gasteiger partial charge is 0.338 e. The molecule has 12 heteroatoms. The number of allylic oxidation sites excluding steroid dienone is 1. The minimum Gasteiger partial charge on any atom is -0.496 e. The zero-order valence-electron chi connectivity index (χ0n) is 23.8. The van der Waals surface area contributed by atoms with Gasteiger partial charge in [0.15, 0.2) is 4.80 Å². The van der Waals surface area contributed by atoms with E-state index in [1.165, 1.54) is 18.8 Å². The van der Waals surface area contributed by atoms with Gasteiger partial charge in [0.2, 0.25) is 0 Å². The van der Waals surface area contributed by atoms with Gasteiger partial charge in [-0.15, -0.1) is 0 Å². The number of benzene rings is 2. The predicted octanol–water partition coefficient (Wildman–Crippen LogP) is 5.66. The number of esters is 2.